The Morgan fingerprint density at radius 2 is 1.96 bits per heavy atom. The fourth-order valence-corrected chi connectivity index (χ4v) is 2.66. The molecule has 8 heteroatoms. The summed E-state index contributed by atoms with van der Waals surface area (Å²) in [4.78, 5) is 20.3. The van der Waals surface area contributed by atoms with Crippen molar-refractivity contribution >= 4 is 10.9 Å². The molecule has 130 valence electrons. The van der Waals surface area contributed by atoms with Gasteiger partial charge in [0.2, 0.25) is 0 Å². The van der Waals surface area contributed by atoms with Gasteiger partial charge < -0.3 is 5.11 Å². The second-order valence-corrected chi connectivity index (χ2v) is 5.61. The van der Waals surface area contributed by atoms with Crippen LogP contribution >= 0.6 is 0 Å². The van der Waals surface area contributed by atoms with E-state index in [4.69, 9.17) is 0 Å². The molecule has 0 spiro atoms. The molecule has 5 nitrogen and oxygen atoms in total. The molecule has 3 aromatic rings. The van der Waals surface area contributed by atoms with Crippen LogP contribution in [0.25, 0.3) is 10.9 Å². The molecule has 0 unspecified atom stereocenters. The second kappa shape index (κ2) is 6.64. The zero-order valence-electron chi connectivity index (χ0n) is 12.9. The number of rotatable bonds is 4. The summed E-state index contributed by atoms with van der Waals surface area (Å²) < 4.78 is 40.2. The average Bonchev–Trinajstić information content (AvgIpc) is 2.57. The first kappa shape index (κ1) is 17.1. The fraction of sp³-hybridized carbons (Fsp3) is 0.235. The summed E-state index contributed by atoms with van der Waals surface area (Å²) in [6.45, 7) is -0.156. The Balaban J connectivity index is 1.84. The van der Waals surface area contributed by atoms with Gasteiger partial charge in [-0.1, -0.05) is 18.2 Å². The Bertz CT molecular complexity index is 954. The van der Waals surface area contributed by atoms with E-state index >= 15 is 0 Å². The minimum atomic E-state index is -4.50. The summed E-state index contributed by atoms with van der Waals surface area (Å²) in [5.41, 5.74) is -0.770. The molecule has 0 amide bonds. The first-order valence-corrected chi connectivity index (χ1v) is 7.48. The highest BCUT2D eigenvalue weighted by molar-refractivity contribution is 5.75. The van der Waals surface area contributed by atoms with Crippen molar-refractivity contribution in [2.24, 2.45) is 0 Å². The molecule has 0 saturated heterocycles. The van der Waals surface area contributed by atoms with E-state index in [1.54, 1.807) is 0 Å². The van der Waals surface area contributed by atoms with E-state index in [1.165, 1.54) is 47.6 Å². The van der Waals surface area contributed by atoms with E-state index in [-0.39, 0.29) is 24.1 Å². The van der Waals surface area contributed by atoms with E-state index in [1.807, 2.05) is 0 Å². The normalized spacial score (nSPS) is 13.1. The van der Waals surface area contributed by atoms with Crippen LogP contribution in [0.1, 0.15) is 11.1 Å². The Morgan fingerprint density at radius 1 is 1.20 bits per heavy atom. The number of aliphatic hydroxyl groups excluding tert-OH is 1. The smallest absolute Gasteiger partial charge is 0.391 e. The predicted octanol–water partition coefficient (Wildman–Crippen LogP) is 2.41. The maximum Gasteiger partial charge on any atom is 0.416 e. The number of halogens is 3. The molecule has 1 aromatic carbocycles. The van der Waals surface area contributed by atoms with E-state index in [9.17, 15) is 23.1 Å². The van der Waals surface area contributed by atoms with Crippen molar-refractivity contribution in [3.05, 3.63) is 70.5 Å². The number of pyridine rings is 1. The standard InChI is InChI=1S/C17H14F3N3O2/c18-17(19,20)14-4-2-1-3-11(14)7-12(24)9-23-10-22-15-8-21-6-5-13(15)16(23)25/h1-6,8,10,12,24H,7,9H2/t12-/m1/s1. The lowest BCUT2D eigenvalue weighted by Crippen LogP contribution is -2.28. The van der Waals surface area contributed by atoms with Crippen molar-refractivity contribution in [1.82, 2.24) is 14.5 Å². The van der Waals surface area contributed by atoms with Crippen molar-refractivity contribution in [2.45, 2.75) is 25.2 Å². The highest BCUT2D eigenvalue weighted by Gasteiger charge is 2.33. The van der Waals surface area contributed by atoms with Crippen LogP contribution in [0.5, 0.6) is 0 Å². The van der Waals surface area contributed by atoms with Crippen LogP contribution in [-0.2, 0) is 19.1 Å². The molecular weight excluding hydrogens is 335 g/mol. The van der Waals surface area contributed by atoms with Crippen LogP contribution < -0.4 is 5.56 Å². The first-order valence-electron chi connectivity index (χ1n) is 7.48. The highest BCUT2D eigenvalue weighted by Crippen LogP contribution is 2.32. The number of alkyl halides is 3. The van der Waals surface area contributed by atoms with Crippen molar-refractivity contribution in [3.8, 4) is 0 Å². The Kier molecular flexibility index (Phi) is 4.54. The molecule has 0 radical (unpaired) electrons. The van der Waals surface area contributed by atoms with Gasteiger partial charge in [0.25, 0.3) is 5.56 Å². The van der Waals surface area contributed by atoms with Gasteiger partial charge in [0, 0.05) is 12.6 Å². The summed E-state index contributed by atoms with van der Waals surface area (Å²) in [5, 5.41) is 10.5. The summed E-state index contributed by atoms with van der Waals surface area (Å²) in [6, 6.07) is 6.57. The van der Waals surface area contributed by atoms with E-state index in [0.717, 1.165) is 6.07 Å². The second-order valence-electron chi connectivity index (χ2n) is 5.61. The van der Waals surface area contributed by atoms with Crippen molar-refractivity contribution in [2.75, 3.05) is 0 Å². The molecule has 1 N–H and O–H groups in total. The fourth-order valence-electron chi connectivity index (χ4n) is 2.66. The third-order valence-corrected chi connectivity index (χ3v) is 3.81. The quantitative estimate of drug-likeness (QED) is 0.785. The van der Waals surface area contributed by atoms with Gasteiger partial charge >= 0.3 is 6.18 Å². The molecule has 1 atom stereocenters. The summed E-state index contributed by atoms with van der Waals surface area (Å²) in [6.07, 6.45) is -1.74. The number of fused-ring (bicyclic) bond motifs is 1. The van der Waals surface area contributed by atoms with Gasteiger partial charge in [-0.25, -0.2) is 4.98 Å². The lowest BCUT2D eigenvalue weighted by molar-refractivity contribution is -0.138. The van der Waals surface area contributed by atoms with Crippen molar-refractivity contribution in [3.63, 3.8) is 0 Å². The van der Waals surface area contributed by atoms with E-state index in [2.05, 4.69) is 9.97 Å². The number of hydrogen-bond donors (Lipinski definition) is 1. The Morgan fingerprint density at radius 3 is 2.72 bits per heavy atom. The average molecular weight is 349 g/mol. The van der Waals surface area contributed by atoms with Gasteiger partial charge in [-0.15, -0.1) is 0 Å². The van der Waals surface area contributed by atoms with Gasteiger partial charge in [0.05, 0.1) is 41.6 Å². The number of aromatic nitrogens is 3. The molecule has 0 bridgehead atoms. The van der Waals surface area contributed by atoms with Crippen LogP contribution in [-0.4, -0.2) is 25.7 Å². The monoisotopic (exact) mass is 349 g/mol. The maximum absolute atomic E-state index is 13.0. The third-order valence-electron chi connectivity index (χ3n) is 3.81. The minimum Gasteiger partial charge on any atom is -0.391 e. The molecule has 25 heavy (non-hydrogen) atoms. The molecular formula is C17H14F3N3O2. The number of aliphatic hydroxyl groups is 1. The molecule has 2 heterocycles. The first-order chi connectivity index (χ1) is 11.9. The zero-order chi connectivity index (χ0) is 18.0. The Hall–Kier alpha value is -2.74. The predicted molar refractivity (Wildman–Crippen MR) is 85.0 cm³/mol. The number of nitrogens with zero attached hydrogens (tertiary/aromatic N) is 3. The maximum atomic E-state index is 13.0. The Labute approximate surface area is 140 Å². The highest BCUT2D eigenvalue weighted by atomic mass is 19.4. The van der Waals surface area contributed by atoms with Crippen LogP contribution in [0.2, 0.25) is 0 Å². The molecule has 0 fully saturated rings. The molecule has 0 aliphatic rings. The summed E-state index contributed by atoms with van der Waals surface area (Å²) in [5.74, 6) is 0. The molecule has 0 saturated carbocycles. The number of hydrogen-bond acceptors (Lipinski definition) is 4. The lowest BCUT2D eigenvalue weighted by atomic mass is 10.0. The van der Waals surface area contributed by atoms with Crippen LogP contribution in [0.15, 0.2) is 53.8 Å². The molecule has 3 rings (SSSR count). The van der Waals surface area contributed by atoms with Gasteiger partial charge in [-0.05, 0) is 17.7 Å². The zero-order valence-corrected chi connectivity index (χ0v) is 12.9. The van der Waals surface area contributed by atoms with Crippen molar-refractivity contribution in [1.29, 1.82) is 0 Å². The lowest BCUT2D eigenvalue weighted by Gasteiger charge is -2.16. The van der Waals surface area contributed by atoms with E-state index in [0.29, 0.717) is 10.9 Å². The minimum absolute atomic E-state index is 0.0199. The van der Waals surface area contributed by atoms with Gasteiger partial charge in [0.15, 0.2) is 0 Å². The van der Waals surface area contributed by atoms with Gasteiger partial charge in [-0.3, -0.25) is 14.3 Å². The van der Waals surface area contributed by atoms with Crippen LogP contribution in [0, 0.1) is 0 Å². The topological polar surface area (TPSA) is 68.0 Å². The van der Waals surface area contributed by atoms with E-state index < -0.39 is 17.8 Å². The largest absolute Gasteiger partial charge is 0.416 e. The van der Waals surface area contributed by atoms with Gasteiger partial charge in [-0.2, -0.15) is 13.2 Å². The van der Waals surface area contributed by atoms with Gasteiger partial charge in [0.1, 0.15) is 0 Å². The van der Waals surface area contributed by atoms with Crippen LogP contribution in [0.3, 0.4) is 0 Å². The molecule has 0 aliphatic heterocycles. The molecule has 0 aliphatic carbocycles. The molecule has 2 aromatic heterocycles. The number of benzene rings is 1. The van der Waals surface area contributed by atoms with Crippen LogP contribution in [0.4, 0.5) is 13.2 Å². The third kappa shape index (κ3) is 3.69. The van der Waals surface area contributed by atoms with Crippen molar-refractivity contribution < 1.29 is 18.3 Å². The SMILES string of the molecule is O=c1c2ccncc2ncn1C[C@H](O)Cc1ccccc1C(F)(F)F. The summed E-state index contributed by atoms with van der Waals surface area (Å²) >= 11 is 0. The summed E-state index contributed by atoms with van der Waals surface area (Å²) in [7, 11) is 0.